The fourth-order valence-electron chi connectivity index (χ4n) is 1.32. The smallest absolute Gasteiger partial charge is 0.337 e. The second kappa shape index (κ2) is 6.79. The van der Waals surface area contributed by atoms with Gasteiger partial charge in [-0.3, -0.25) is 0 Å². The molecule has 2 rings (SSSR count). The summed E-state index contributed by atoms with van der Waals surface area (Å²) < 4.78 is 0. The van der Waals surface area contributed by atoms with Crippen LogP contribution in [0.3, 0.4) is 0 Å². The van der Waals surface area contributed by atoms with E-state index in [1.807, 2.05) is 6.07 Å². The third kappa shape index (κ3) is 4.34. The van der Waals surface area contributed by atoms with Crippen LogP contribution in [0, 0.1) is 0 Å². The van der Waals surface area contributed by atoms with Gasteiger partial charge in [0.1, 0.15) is 5.75 Å². The summed E-state index contributed by atoms with van der Waals surface area (Å²) in [5.74, 6) is -1.99. The van der Waals surface area contributed by atoms with Gasteiger partial charge in [-0.15, -0.1) is 0 Å². The summed E-state index contributed by atoms with van der Waals surface area (Å²) in [6.07, 6.45) is 0. The zero-order chi connectivity index (χ0) is 15.1. The van der Waals surface area contributed by atoms with E-state index >= 15 is 0 Å². The number of phenols is 1. The van der Waals surface area contributed by atoms with E-state index in [9.17, 15) is 9.59 Å². The summed E-state index contributed by atoms with van der Waals surface area (Å²) in [6, 6.07) is 12.2. The number of benzene rings is 2. The van der Waals surface area contributed by atoms with Gasteiger partial charge < -0.3 is 21.1 Å². The Kier molecular flexibility index (Phi) is 5.11. The van der Waals surface area contributed by atoms with Crippen LogP contribution < -0.4 is 5.73 Å². The molecule has 5 N–H and O–H groups in total. The molecule has 0 aliphatic carbocycles. The van der Waals surface area contributed by atoms with Crippen LogP contribution in [0.15, 0.2) is 48.5 Å². The first-order chi connectivity index (χ1) is 9.41. The lowest BCUT2D eigenvalue weighted by molar-refractivity contribution is 0.0682. The van der Waals surface area contributed by atoms with Crippen molar-refractivity contribution < 1.29 is 24.9 Å². The van der Waals surface area contributed by atoms with E-state index in [4.69, 9.17) is 21.1 Å². The Labute approximate surface area is 114 Å². The molecule has 0 aliphatic rings. The number of carbonyl (C=O) groups is 2. The van der Waals surface area contributed by atoms with E-state index in [-0.39, 0.29) is 16.8 Å². The van der Waals surface area contributed by atoms with Crippen LogP contribution in [-0.4, -0.2) is 27.3 Å². The maximum atomic E-state index is 10.5. The number of carboxylic acid groups (broad SMARTS) is 2. The monoisotopic (exact) mass is 275 g/mol. The SMILES string of the molecule is Nc1cc(C(=O)O)ccc1C(=O)O.Oc1ccccc1. The Morgan fingerprint density at radius 1 is 0.900 bits per heavy atom. The summed E-state index contributed by atoms with van der Waals surface area (Å²) >= 11 is 0. The predicted molar refractivity (Wildman–Crippen MR) is 72.9 cm³/mol. The van der Waals surface area contributed by atoms with Crippen molar-refractivity contribution in [2.45, 2.75) is 0 Å². The fourth-order valence-corrected chi connectivity index (χ4v) is 1.32. The number of aromatic hydroxyl groups is 1. The summed E-state index contributed by atoms with van der Waals surface area (Å²) in [7, 11) is 0. The minimum absolute atomic E-state index is 0.0255. The second-order valence-corrected chi connectivity index (χ2v) is 3.75. The molecule has 6 heteroatoms. The molecule has 104 valence electrons. The molecule has 0 bridgehead atoms. The molecule has 0 saturated heterocycles. The average molecular weight is 275 g/mol. The molecule has 0 amide bonds. The number of hydrogen-bond acceptors (Lipinski definition) is 4. The zero-order valence-corrected chi connectivity index (χ0v) is 10.4. The van der Waals surface area contributed by atoms with Crippen LogP contribution in [0.25, 0.3) is 0 Å². The minimum atomic E-state index is -1.17. The van der Waals surface area contributed by atoms with E-state index in [1.54, 1.807) is 24.3 Å². The maximum absolute atomic E-state index is 10.5. The summed E-state index contributed by atoms with van der Waals surface area (Å²) in [6.45, 7) is 0. The van der Waals surface area contributed by atoms with E-state index in [1.165, 1.54) is 12.1 Å². The number of nitrogens with two attached hydrogens (primary N) is 1. The Morgan fingerprint density at radius 2 is 1.50 bits per heavy atom. The minimum Gasteiger partial charge on any atom is -0.508 e. The zero-order valence-electron chi connectivity index (χ0n) is 10.4. The first-order valence-corrected chi connectivity index (χ1v) is 5.52. The lowest BCUT2D eigenvalue weighted by Crippen LogP contribution is -2.05. The van der Waals surface area contributed by atoms with Crippen LogP contribution in [0.4, 0.5) is 5.69 Å². The Morgan fingerprint density at radius 3 is 1.85 bits per heavy atom. The number of nitrogen functional groups attached to an aromatic ring is 1. The molecule has 2 aromatic rings. The second-order valence-electron chi connectivity index (χ2n) is 3.75. The molecule has 0 aromatic heterocycles. The third-order valence-electron chi connectivity index (χ3n) is 2.29. The molecule has 20 heavy (non-hydrogen) atoms. The van der Waals surface area contributed by atoms with E-state index < -0.39 is 11.9 Å². The molecule has 0 aliphatic heterocycles. The van der Waals surface area contributed by atoms with Gasteiger partial charge >= 0.3 is 11.9 Å². The Hall–Kier alpha value is -3.02. The first kappa shape index (κ1) is 15.0. The molecule has 0 unspecified atom stereocenters. The predicted octanol–water partition coefficient (Wildman–Crippen LogP) is 2.06. The molecule has 6 nitrogen and oxygen atoms in total. The van der Waals surface area contributed by atoms with Crippen LogP contribution in [0.1, 0.15) is 20.7 Å². The number of phenolic OH excluding ortho intramolecular Hbond substituents is 1. The first-order valence-electron chi connectivity index (χ1n) is 5.52. The molecule has 0 radical (unpaired) electrons. The number of rotatable bonds is 2. The van der Waals surface area contributed by atoms with E-state index in [0.29, 0.717) is 5.75 Å². The lowest BCUT2D eigenvalue weighted by Gasteiger charge is -2.00. The highest BCUT2D eigenvalue weighted by atomic mass is 16.4. The van der Waals surface area contributed by atoms with Gasteiger partial charge in [0.25, 0.3) is 0 Å². The highest BCUT2D eigenvalue weighted by Gasteiger charge is 2.10. The average Bonchev–Trinajstić information content (AvgIpc) is 2.39. The molecule has 0 spiro atoms. The highest BCUT2D eigenvalue weighted by molar-refractivity contribution is 5.96. The highest BCUT2D eigenvalue weighted by Crippen LogP contribution is 2.14. The van der Waals surface area contributed by atoms with Gasteiger partial charge in [0.15, 0.2) is 0 Å². The Bertz CT molecular complexity index is 610. The van der Waals surface area contributed by atoms with Crippen molar-refractivity contribution in [3.8, 4) is 5.75 Å². The topological polar surface area (TPSA) is 121 Å². The number of anilines is 1. The third-order valence-corrected chi connectivity index (χ3v) is 2.29. The van der Waals surface area contributed by atoms with Crippen molar-refractivity contribution in [2.24, 2.45) is 0 Å². The van der Waals surface area contributed by atoms with Gasteiger partial charge in [-0.05, 0) is 30.3 Å². The standard InChI is InChI=1S/C8H7NO4.C6H6O/c9-6-3-4(7(10)11)1-2-5(6)8(12)13;7-6-4-2-1-3-5-6/h1-3H,9H2,(H,10,11)(H,12,13);1-5,7H. The fraction of sp³-hybridized carbons (Fsp3) is 0. The van der Waals surface area contributed by atoms with Gasteiger partial charge in [0.05, 0.1) is 11.1 Å². The normalized spacial score (nSPS) is 9.20. The van der Waals surface area contributed by atoms with Crippen molar-refractivity contribution in [1.82, 2.24) is 0 Å². The number of aromatic carboxylic acids is 2. The quantitative estimate of drug-likeness (QED) is 0.622. The van der Waals surface area contributed by atoms with Crippen LogP contribution in [0.5, 0.6) is 5.75 Å². The number of hydrogen-bond donors (Lipinski definition) is 4. The van der Waals surface area contributed by atoms with Gasteiger partial charge in [0, 0.05) is 5.69 Å². The van der Waals surface area contributed by atoms with Gasteiger partial charge in [0.2, 0.25) is 0 Å². The molecule has 2 aromatic carbocycles. The van der Waals surface area contributed by atoms with Gasteiger partial charge in [-0.25, -0.2) is 9.59 Å². The maximum Gasteiger partial charge on any atom is 0.337 e. The molecule has 0 saturated carbocycles. The van der Waals surface area contributed by atoms with Crippen LogP contribution in [-0.2, 0) is 0 Å². The summed E-state index contributed by atoms with van der Waals surface area (Å²) in [5.41, 5.74) is 5.15. The van der Waals surface area contributed by atoms with Crippen molar-refractivity contribution >= 4 is 17.6 Å². The Balaban J connectivity index is 0.000000240. The number of carboxylic acids is 2. The van der Waals surface area contributed by atoms with Gasteiger partial charge in [-0.1, -0.05) is 18.2 Å². The molecule has 0 fully saturated rings. The summed E-state index contributed by atoms with van der Waals surface area (Å²) in [5, 5.41) is 25.7. The van der Waals surface area contributed by atoms with E-state index in [2.05, 4.69) is 0 Å². The molecular weight excluding hydrogens is 262 g/mol. The van der Waals surface area contributed by atoms with Crippen molar-refractivity contribution in [2.75, 3.05) is 5.73 Å². The van der Waals surface area contributed by atoms with Gasteiger partial charge in [-0.2, -0.15) is 0 Å². The molecular formula is C14H13NO5. The van der Waals surface area contributed by atoms with Crippen molar-refractivity contribution in [3.63, 3.8) is 0 Å². The van der Waals surface area contributed by atoms with Crippen molar-refractivity contribution in [1.29, 1.82) is 0 Å². The van der Waals surface area contributed by atoms with Crippen molar-refractivity contribution in [3.05, 3.63) is 59.7 Å². The molecule has 0 heterocycles. The van der Waals surface area contributed by atoms with Crippen LogP contribution in [0.2, 0.25) is 0 Å². The van der Waals surface area contributed by atoms with Crippen LogP contribution >= 0.6 is 0 Å². The largest absolute Gasteiger partial charge is 0.508 e. The molecule has 0 atom stereocenters. The lowest BCUT2D eigenvalue weighted by atomic mass is 10.1. The van der Waals surface area contributed by atoms with E-state index in [0.717, 1.165) is 6.07 Å². The number of para-hydroxylation sites is 1. The summed E-state index contributed by atoms with van der Waals surface area (Å²) in [4.78, 5) is 20.9.